The SMILES string of the molecule is Fc1ccc(-c2n[nH]c(=S)n2N2CCOCC2)cc1. The number of hydrogen-bond donors (Lipinski definition) is 1. The summed E-state index contributed by atoms with van der Waals surface area (Å²) in [7, 11) is 0. The maximum atomic E-state index is 13.0. The van der Waals surface area contributed by atoms with Crippen molar-refractivity contribution in [2.75, 3.05) is 31.3 Å². The van der Waals surface area contributed by atoms with Gasteiger partial charge >= 0.3 is 0 Å². The lowest BCUT2D eigenvalue weighted by molar-refractivity contribution is 0.111. The Morgan fingerprint density at radius 1 is 1.21 bits per heavy atom. The third-order valence-electron chi connectivity index (χ3n) is 3.02. The summed E-state index contributed by atoms with van der Waals surface area (Å²) in [6.07, 6.45) is 0. The fourth-order valence-electron chi connectivity index (χ4n) is 2.09. The van der Waals surface area contributed by atoms with E-state index in [0.29, 0.717) is 23.8 Å². The fourth-order valence-corrected chi connectivity index (χ4v) is 2.34. The van der Waals surface area contributed by atoms with Crippen LogP contribution in [-0.4, -0.2) is 41.2 Å². The van der Waals surface area contributed by atoms with Crippen molar-refractivity contribution in [3.8, 4) is 11.4 Å². The number of halogens is 1. The van der Waals surface area contributed by atoms with Gasteiger partial charge in [0.1, 0.15) is 5.82 Å². The molecular formula is C12H13FN4OS. The summed E-state index contributed by atoms with van der Waals surface area (Å²) in [5, 5.41) is 9.10. The molecule has 0 amide bonds. The number of hydrogen-bond acceptors (Lipinski definition) is 4. The Hall–Kier alpha value is -1.73. The van der Waals surface area contributed by atoms with E-state index in [2.05, 4.69) is 15.2 Å². The molecule has 19 heavy (non-hydrogen) atoms. The van der Waals surface area contributed by atoms with Crippen molar-refractivity contribution >= 4 is 12.2 Å². The number of morpholine rings is 1. The third-order valence-corrected chi connectivity index (χ3v) is 3.29. The minimum Gasteiger partial charge on any atom is -0.378 e. The molecule has 0 aliphatic carbocycles. The monoisotopic (exact) mass is 280 g/mol. The summed E-state index contributed by atoms with van der Waals surface area (Å²) in [4.78, 5) is 0. The predicted molar refractivity (Wildman–Crippen MR) is 71.6 cm³/mol. The molecule has 7 heteroatoms. The molecule has 3 rings (SSSR count). The number of aromatic amines is 1. The van der Waals surface area contributed by atoms with Gasteiger partial charge in [-0.25, -0.2) is 14.2 Å². The molecule has 1 saturated heterocycles. The lowest BCUT2D eigenvalue weighted by Gasteiger charge is -2.30. The second-order valence-corrected chi connectivity index (χ2v) is 4.62. The second kappa shape index (κ2) is 5.10. The highest BCUT2D eigenvalue weighted by atomic mass is 32.1. The van der Waals surface area contributed by atoms with E-state index in [1.165, 1.54) is 12.1 Å². The molecule has 0 saturated carbocycles. The summed E-state index contributed by atoms with van der Waals surface area (Å²) in [5.74, 6) is 0.419. The standard InChI is InChI=1S/C12H13FN4OS/c13-10-3-1-9(2-4-10)11-14-15-12(19)17(11)16-5-7-18-8-6-16/h1-4H,5-8H2,(H,15,19). The Kier molecular flexibility index (Phi) is 3.31. The van der Waals surface area contributed by atoms with Crippen molar-refractivity contribution in [2.24, 2.45) is 0 Å². The van der Waals surface area contributed by atoms with E-state index >= 15 is 0 Å². The first-order valence-electron chi connectivity index (χ1n) is 6.02. The molecule has 0 atom stereocenters. The van der Waals surface area contributed by atoms with E-state index in [0.717, 1.165) is 18.7 Å². The van der Waals surface area contributed by atoms with Gasteiger partial charge in [0.15, 0.2) is 5.82 Å². The lowest BCUT2D eigenvalue weighted by Crippen LogP contribution is -2.44. The zero-order valence-electron chi connectivity index (χ0n) is 10.2. The highest BCUT2D eigenvalue weighted by Gasteiger charge is 2.17. The van der Waals surface area contributed by atoms with Gasteiger partial charge in [0, 0.05) is 5.56 Å². The van der Waals surface area contributed by atoms with Gasteiger partial charge in [-0.3, -0.25) is 0 Å². The van der Waals surface area contributed by atoms with Crippen LogP contribution in [-0.2, 0) is 4.74 Å². The molecule has 1 fully saturated rings. The van der Waals surface area contributed by atoms with Crippen LogP contribution in [0.15, 0.2) is 24.3 Å². The van der Waals surface area contributed by atoms with Crippen LogP contribution in [0, 0.1) is 10.6 Å². The number of nitrogens with one attached hydrogen (secondary N) is 1. The van der Waals surface area contributed by atoms with E-state index < -0.39 is 0 Å². The molecule has 1 N–H and O–H groups in total. The topological polar surface area (TPSA) is 46.1 Å². The van der Waals surface area contributed by atoms with Crippen molar-refractivity contribution in [2.45, 2.75) is 0 Å². The minimum atomic E-state index is -0.268. The largest absolute Gasteiger partial charge is 0.378 e. The molecular weight excluding hydrogens is 267 g/mol. The molecule has 5 nitrogen and oxygen atoms in total. The average Bonchev–Trinajstić information content (AvgIpc) is 2.82. The maximum Gasteiger partial charge on any atom is 0.214 e. The van der Waals surface area contributed by atoms with Gasteiger partial charge in [-0.1, -0.05) is 0 Å². The van der Waals surface area contributed by atoms with Crippen LogP contribution < -0.4 is 5.01 Å². The first kappa shape index (κ1) is 12.3. The number of nitrogens with zero attached hydrogens (tertiary/aromatic N) is 3. The van der Waals surface area contributed by atoms with E-state index in [9.17, 15) is 4.39 Å². The Balaban J connectivity index is 2.02. The van der Waals surface area contributed by atoms with Gasteiger partial charge in [-0.2, -0.15) is 5.10 Å². The van der Waals surface area contributed by atoms with Crippen molar-refractivity contribution in [3.63, 3.8) is 0 Å². The molecule has 1 aliphatic heterocycles. The summed E-state index contributed by atoms with van der Waals surface area (Å²) in [5.41, 5.74) is 0.820. The predicted octanol–water partition coefficient (Wildman–Crippen LogP) is 1.71. The molecule has 2 aromatic rings. The smallest absolute Gasteiger partial charge is 0.214 e. The quantitative estimate of drug-likeness (QED) is 0.851. The Morgan fingerprint density at radius 2 is 1.89 bits per heavy atom. The number of benzene rings is 1. The number of H-pyrrole nitrogens is 1. The zero-order valence-corrected chi connectivity index (χ0v) is 11.0. The first-order chi connectivity index (χ1) is 9.25. The normalized spacial score (nSPS) is 15.7. The van der Waals surface area contributed by atoms with Crippen molar-refractivity contribution in [1.82, 2.24) is 14.9 Å². The number of ether oxygens (including phenoxy) is 1. The first-order valence-corrected chi connectivity index (χ1v) is 6.43. The van der Waals surface area contributed by atoms with E-state index in [1.54, 1.807) is 12.1 Å². The zero-order chi connectivity index (χ0) is 13.2. The number of aromatic nitrogens is 3. The Morgan fingerprint density at radius 3 is 2.58 bits per heavy atom. The number of rotatable bonds is 2. The molecule has 0 spiro atoms. The molecule has 100 valence electrons. The summed E-state index contributed by atoms with van der Waals surface area (Å²) in [6.45, 7) is 2.83. The minimum absolute atomic E-state index is 0.268. The summed E-state index contributed by atoms with van der Waals surface area (Å²) >= 11 is 5.27. The molecule has 2 heterocycles. The maximum absolute atomic E-state index is 13.0. The van der Waals surface area contributed by atoms with Crippen molar-refractivity contribution in [1.29, 1.82) is 0 Å². The van der Waals surface area contributed by atoms with Crippen LogP contribution in [0.25, 0.3) is 11.4 Å². The van der Waals surface area contributed by atoms with Crippen LogP contribution in [0.1, 0.15) is 0 Å². The molecule has 1 aromatic carbocycles. The molecule has 0 radical (unpaired) electrons. The van der Waals surface area contributed by atoms with Gasteiger partial charge in [0.05, 0.1) is 26.3 Å². The average molecular weight is 280 g/mol. The van der Waals surface area contributed by atoms with Crippen LogP contribution in [0.3, 0.4) is 0 Å². The van der Waals surface area contributed by atoms with Crippen LogP contribution in [0.5, 0.6) is 0 Å². The van der Waals surface area contributed by atoms with Gasteiger partial charge in [-0.15, -0.1) is 0 Å². The highest BCUT2D eigenvalue weighted by molar-refractivity contribution is 7.71. The van der Waals surface area contributed by atoms with Crippen molar-refractivity contribution in [3.05, 3.63) is 34.9 Å². The summed E-state index contributed by atoms with van der Waals surface area (Å²) in [6, 6.07) is 6.21. The van der Waals surface area contributed by atoms with Crippen molar-refractivity contribution < 1.29 is 9.13 Å². The second-order valence-electron chi connectivity index (χ2n) is 4.24. The van der Waals surface area contributed by atoms with Crippen LogP contribution >= 0.6 is 12.2 Å². The molecule has 1 aliphatic rings. The van der Waals surface area contributed by atoms with Gasteiger partial charge < -0.3 is 9.75 Å². The highest BCUT2D eigenvalue weighted by Crippen LogP contribution is 2.18. The van der Waals surface area contributed by atoms with E-state index in [-0.39, 0.29) is 5.82 Å². The Labute approximate surface area is 114 Å². The van der Waals surface area contributed by atoms with Crippen LogP contribution in [0.2, 0.25) is 0 Å². The van der Waals surface area contributed by atoms with Gasteiger partial charge in [0.2, 0.25) is 4.77 Å². The van der Waals surface area contributed by atoms with E-state index in [1.807, 2.05) is 4.68 Å². The van der Waals surface area contributed by atoms with Gasteiger partial charge in [-0.05, 0) is 36.5 Å². The lowest BCUT2D eigenvalue weighted by atomic mass is 10.2. The third kappa shape index (κ3) is 2.39. The molecule has 0 bridgehead atoms. The summed E-state index contributed by atoms with van der Waals surface area (Å²) < 4.78 is 20.7. The Bertz CT molecular complexity index is 615. The molecule has 1 aromatic heterocycles. The molecule has 0 unspecified atom stereocenters. The fraction of sp³-hybridized carbons (Fsp3) is 0.333. The van der Waals surface area contributed by atoms with Crippen LogP contribution in [0.4, 0.5) is 4.39 Å². The van der Waals surface area contributed by atoms with E-state index in [4.69, 9.17) is 17.0 Å². The van der Waals surface area contributed by atoms with Gasteiger partial charge in [0.25, 0.3) is 0 Å².